The average molecular weight is 269 g/mol. The van der Waals surface area contributed by atoms with E-state index in [2.05, 4.69) is 11.6 Å². The van der Waals surface area contributed by atoms with Crippen LogP contribution in [0.4, 0.5) is 0 Å². The van der Waals surface area contributed by atoms with E-state index in [1.165, 1.54) is 0 Å². The maximum atomic E-state index is 11.4. The third kappa shape index (κ3) is 4.49. The summed E-state index contributed by atoms with van der Waals surface area (Å²) in [5, 5.41) is 2.90. The summed E-state index contributed by atoms with van der Waals surface area (Å²) in [6, 6.07) is -0.427. The highest BCUT2D eigenvalue weighted by Gasteiger charge is 2.32. The van der Waals surface area contributed by atoms with Crippen molar-refractivity contribution in [3.05, 3.63) is 0 Å². The summed E-state index contributed by atoms with van der Waals surface area (Å²) in [4.78, 5) is 11.4. The third-order valence-corrected chi connectivity index (χ3v) is 4.25. The van der Waals surface area contributed by atoms with Gasteiger partial charge in [0.15, 0.2) is 0 Å². The monoisotopic (exact) mass is 268 g/mol. The molecule has 0 spiro atoms. The first-order chi connectivity index (χ1) is 7.09. The molecule has 1 aliphatic rings. The molecular formula is C10H21ClN2O2S. The van der Waals surface area contributed by atoms with E-state index in [0.717, 1.165) is 26.1 Å². The van der Waals surface area contributed by atoms with Gasteiger partial charge in [-0.15, -0.1) is 12.4 Å². The summed E-state index contributed by atoms with van der Waals surface area (Å²) in [7, 11) is 0. The largest absolute Gasteiger partial charge is 0.381 e. The predicted molar refractivity (Wildman–Crippen MR) is 70.2 cm³/mol. The second-order valence-electron chi connectivity index (χ2n) is 4.01. The van der Waals surface area contributed by atoms with E-state index >= 15 is 0 Å². The van der Waals surface area contributed by atoms with Crippen LogP contribution in [0.2, 0.25) is 0 Å². The first-order valence-corrected chi connectivity index (χ1v) is 6.48. The summed E-state index contributed by atoms with van der Waals surface area (Å²) in [6.07, 6.45) is 4.07. The number of carbonyl (C=O) groups is 1. The SMILES string of the molecule is CSC1(CNC(=O)[C@H](C)N)CCOCC1.Cl. The van der Waals surface area contributed by atoms with Crippen LogP contribution in [0.25, 0.3) is 0 Å². The standard InChI is InChI=1S/C10H20N2O2S.ClH/c1-8(11)9(13)12-7-10(15-2)3-5-14-6-4-10;/h8H,3-7,11H2,1-2H3,(H,12,13);1H/t8-;/m0./s1. The van der Waals surface area contributed by atoms with E-state index in [9.17, 15) is 4.79 Å². The van der Waals surface area contributed by atoms with Gasteiger partial charge in [-0.1, -0.05) is 0 Å². The maximum absolute atomic E-state index is 11.4. The van der Waals surface area contributed by atoms with Crippen molar-refractivity contribution < 1.29 is 9.53 Å². The molecule has 1 atom stereocenters. The second-order valence-corrected chi connectivity index (χ2v) is 5.28. The summed E-state index contributed by atoms with van der Waals surface area (Å²) < 4.78 is 5.47. The lowest BCUT2D eigenvalue weighted by Gasteiger charge is -2.35. The van der Waals surface area contributed by atoms with Gasteiger partial charge < -0.3 is 15.8 Å². The minimum Gasteiger partial charge on any atom is -0.381 e. The molecular weight excluding hydrogens is 248 g/mol. The van der Waals surface area contributed by atoms with Gasteiger partial charge in [0.1, 0.15) is 0 Å². The zero-order valence-corrected chi connectivity index (χ0v) is 11.5. The zero-order chi connectivity index (χ0) is 11.3. The van der Waals surface area contributed by atoms with E-state index in [0.29, 0.717) is 6.54 Å². The summed E-state index contributed by atoms with van der Waals surface area (Å²) in [5.41, 5.74) is 5.49. The van der Waals surface area contributed by atoms with Crippen LogP contribution < -0.4 is 11.1 Å². The van der Waals surface area contributed by atoms with Crippen LogP contribution in [0.5, 0.6) is 0 Å². The highest BCUT2D eigenvalue weighted by molar-refractivity contribution is 8.00. The minimum atomic E-state index is -0.427. The highest BCUT2D eigenvalue weighted by atomic mass is 35.5. The van der Waals surface area contributed by atoms with Crippen molar-refractivity contribution in [2.75, 3.05) is 26.0 Å². The Balaban J connectivity index is 0.00000225. The molecule has 6 heteroatoms. The zero-order valence-electron chi connectivity index (χ0n) is 9.82. The van der Waals surface area contributed by atoms with Crippen LogP contribution in [-0.4, -0.2) is 42.7 Å². The summed E-state index contributed by atoms with van der Waals surface area (Å²) in [6.45, 7) is 3.97. The van der Waals surface area contributed by atoms with E-state index in [1.54, 1.807) is 6.92 Å². The molecule has 3 N–H and O–H groups in total. The molecule has 1 heterocycles. The fourth-order valence-corrected chi connectivity index (χ4v) is 2.40. The number of nitrogens with one attached hydrogen (secondary N) is 1. The molecule has 0 aromatic rings. The molecule has 0 bridgehead atoms. The van der Waals surface area contributed by atoms with Crippen molar-refractivity contribution in [1.82, 2.24) is 5.32 Å². The van der Waals surface area contributed by atoms with E-state index < -0.39 is 6.04 Å². The molecule has 0 aromatic heterocycles. The fourth-order valence-electron chi connectivity index (χ4n) is 1.61. The molecule has 0 aliphatic carbocycles. The Hall–Kier alpha value is 0.0300. The Morgan fingerprint density at radius 1 is 1.56 bits per heavy atom. The molecule has 16 heavy (non-hydrogen) atoms. The first kappa shape index (κ1) is 16.0. The molecule has 0 aromatic carbocycles. The molecule has 0 saturated carbocycles. The number of hydrogen-bond donors (Lipinski definition) is 2. The van der Waals surface area contributed by atoms with Crippen LogP contribution in [0, 0.1) is 0 Å². The van der Waals surface area contributed by atoms with Crippen LogP contribution in [-0.2, 0) is 9.53 Å². The predicted octanol–water partition coefficient (Wildman–Crippen LogP) is 0.784. The van der Waals surface area contributed by atoms with Crippen molar-refractivity contribution in [3.8, 4) is 0 Å². The molecule has 4 nitrogen and oxygen atoms in total. The smallest absolute Gasteiger partial charge is 0.236 e. The second kappa shape index (κ2) is 7.37. The Labute approximate surface area is 107 Å². The van der Waals surface area contributed by atoms with E-state index in [4.69, 9.17) is 10.5 Å². The van der Waals surface area contributed by atoms with Gasteiger partial charge in [-0.05, 0) is 26.0 Å². The normalized spacial score (nSPS) is 20.7. The van der Waals surface area contributed by atoms with Crippen molar-refractivity contribution in [3.63, 3.8) is 0 Å². The topological polar surface area (TPSA) is 64.4 Å². The van der Waals surface area contributed by atoms with Gasteiger partial charge in [-0.2, -0.15) is 11.8 Å². The van der Waals surface area contributed by atoms with Crippen LogP contribution in [0.15, 0.2) is 0 Å². The van der Waals surface area contributed by atoms with Gasteiger partial charge >= 0.3 is 0 Å². The van der Waals surface area contributed by atoms with Crippen LogP contribution >= 0.6 is 24.2 Å². The number of thioether (sulfide) groups is 1. The number of hydrogen-bond acceptors (Lipinski definition) is 4. The molecule has 0 unspecified atom stereocenters. The molecule has 1 aliphatic heterocycles. The maximum Gasteiger partial charge on any atom is 0.236 e. The van der Waals surface area contributed by atoms with Crippen LogP contribution in [0.3, 0.4) is 0 Å². The van der Waals surface area contributed by atoms with Crippen molar-refractivity contribution in [2.24, 2.45) is 5.73 Å². The number of amides is 1. The Kier molecular flexibility index (Phi) is 7.39. The molecule has 96 valence electrons. The Morgan fingerprint density at radius 3 is 2.56 bits per heavy atom. The molecule has 1 amide bonds. The lowest BCUT2D eigenvalue weighted by molar-refractivity contribution is -0.122. The van der Waals surface area contributed by atoms with Gasteiger partial charge in [0.2, 0.25) is 5.91 Å². The summed E-state index contributed by atoms with van der Waals surface area (Å²) in [5.74, 6) is -0.0742. The quantitative estimate of drug-likeness (QED) is 0.791. The third-order valence-electron chi connectivity index (χ3n) is 2.84. The van der Waals surface area contributed by atoms with Gasteiger partial charge in [-0.3, -0.25) is 4.79 Å². The Morgan fingerprint density at radius 2 is 2.12 bits per heavy atom. The molecule has 1 saturated heterocycles. The number of rotatable bonds is 4. The van der Waals surface area contributed by atoms with Crippen molar-refractivity contribution >= 4 is 30.1 Å². The fraction of sp³-hybridized carbons (Fsp3) is 0.900. The van der Waals surface area contributed by atoms with Crippen molar-refractivity contribution in [1.29, 1.82) is 0 Å². The lowest BCUT2D eigenvalue weighted by atomic mass is 9.99. The summed E-state index contributed by atoms with van der Waals surface area (Å²) >= 11 is 1.81. The molecule has 1 fully saturated rings. The number of halogens is 1. The minimum absolute atomic E-state index is 0. The van der Waals surface area contributed by atoms with E-state index in [-0.39, 0.29) is 23.1 Å². The van der Waals surface area contributed by atoms with E-state index in [1.807, 2.05) is 11.8 Å². The van der Waals surface area contributed by atoms with Crippen molar-refractivity contribution in [2.45, 2.75) is 30.6 Å². The Bertz CT molecular complexity index is 221. The molecule has 1 rings (SSSR count). The number of ether oxygens (including phenoxy) is 1. The number of nitrogens with two attached hydrogens (primary N) is 1. The lowest BCUT2D eigenvalue weighted by Crippen LogP contribution is -2.48. The van der Waals surface area contributed by atoms with Gasteiger partial charge in [-0.25, -0.2) is 0 Å². The average Bonchev–Trinajstić information content (AvgIpc) is 2.27. The highest BCUT2D eigenvalue weighted by Crippen LogP contribution is 2.32. The number of carbonyl (C=O) groups excluding carboxylic acids is 1. The van der Waals surface area contributed by atoms with Crippen LogP contribution in [0.1, 0.15) is 19.8 Å². The molecule has 0 radical (unpaired) electrons. The van der Waals surface area contributed by atoms with Gasteiger partial charge in [0.05, 0.1) is 6.04 Å². The first-order valence-electron chi connectivity index (χ1n) is 5.26. The van der Waals surface area contributed by atoms with Gasteiger partial charge in [0.25, 0.3) is 0 Å². The van der Waals surface area contributed by atoms with Gasteiger partial charge in [0, 0.05) is 24.5 Å².